The first-order valence-corrected chi connectivity index (χ1v) is 9.49. The number of carbonyl (C=O) groups is 2. The fraction of sp³-hybridized carbons (Fsp3) is 0.333. The molecule has 150 valence electrons. The molecular weight excluding hydrogens is 366 g/mol. The molecule has 2 aromatic rings. The predicted octanol–water partition coefficient (Wildman–Crippen LogP) is 3.82. The van der Waals surface area contributed by atoms with E-state index in [0.717, 1.165) is 11.1 Å². The van der Waals surface area contributed by atoms with Gasteiger partial charge in [0.05, 0.1) is 5.56 Å². The van der Waals surface area contributed by atoms with E-state index in [2.05, 4.69) is 17.2 Å². The smallest absolute Gasteiger partial charge is 0.338 e. The maximum atomic E-state index is 13.0. The number of cyclic esters (lactones) is 1. The number of anilines is 1. The van der Waals surface area contributed by atoms with Gasteiger partial charge in [-0.25, -0.2) is 4.79 Å². The molecule has 29 heavy (non-hydrogen) atoms. The molecule has 1 amide bonds. The number of ether oxygens (including phenoxy) is 1. The normalized spacial score (nSPS) is 14.9. The number of fused-ring (bicyclic) bond motifs is 1. The Morgan fingerprint density at radius 2 is 1.86 bits per heavy atom. The highest BCUT2D eigenvalue weighted by molar-refractivity contribution is 6.00. The number of hydrogen-bond donors (Lipinski definition) is 2. The van der Waals surface area contributed by atoms with Gasteiger partial charge in [-0.15, -0.1) is 0 Å². The van der Waals surface area contributed by atoms with Crippen molar-refractivity contribution in [3.8, 4) is 11.8 Å². The summed E-state index contributed by atoms with van der Waals surface area (Å²) in [4.78, 5) is 24.6. The van der Waals surface area contributed by atoms with Gasteiger partial charge in [-0.3, -0.25) is 4.79 Å². The lowest BCUT2D eigenvalue weighted by Gasteiger charge is -2.29. The average Bonchev–Trinajstić information content (AvgIpc) is 3.00. The average molecular weight is 391 g/mol. The van der Waals surface area contributed by atoms with Gasteiger partial charge < -0.3 is 15.2 Å². The molecule has 0 aromatic heterocycles. The maximum absolute atomic E-state index is 13.0. The third-order valence-electron chi connectivity index (χ3n) is 4.57. The van der Waals surface area contributed by atoms with E-state index < -0.39 is 11.5 Å². The van der Waals surface area contributed by atoms with Crippen LogP contribution in [0.25, 0.3) is 0 Å². The number of aryl methyl sites for hydroxylation is 1. The molecule has 2 aromatic carbocycles. The van der Waals surface area contributed by atoms with Gasteiger partial charge in [0.2, 0.25) is 5.60 Å². The topological polar surface area (TPSA) is 75.6 Å². The lowest BCUT2D eigenvalue weighted by molar-refractivity contribution is -0.131. The van der Waals surface area contributed by atoms with Crippen molar-refractivity contribution in [3.63, 3.8) is 0 Å². The van der Waals surface area contributed by atoms with Crippen LogP contribution in [0.4, 0.5) is 5.69 Å². The van der Waals surface area contributed by atoms with Crippen molar-refractivity contribution >= 4 is 17.6 Å². The molecule has 5 nitrogen and oxygen atoms in total. The van der Waals surface area contributed by atoms with Crippen LogP contribution in [0.1, 0.15) is 54.2 Å². The highest BCUT2D eigenvalue weighted by Crippen LogP contribution is 2.29. The van der Waals surface area contributed by atoms with Crippen LogP contribution in [0.5, 0.6) is 0 Å². The zero-order valence-electron chi connectivity index (χ0n) is 17.1. The molecule has 0 radical (unpaired) electrons. The fourth-order valence-electron chi connectivity index (χ4n) is 3.21. The molecular formula is C24H25NO4. The van der Waals surface area contributed by atoms with Gasteiger partial charge in [0.25, 0.3) is 5.91 Å². The van der Waals surface area contributed by atoms with Crippen LogP contribution in [-0.4, -0.2) is 22.6 Å². The van der Waals surface area contributed by atoms with Crippen LogP contribution >= 0.6 is 0 Å². The molecule has 0 fully saturated rings. The van der Waals surface area contributed by atoms with Crippen LogP contribution in [0, 0.1) is 24.2 Å². The summed E-state index contributed by atoms with van der Waals surface area (Å²) < 4.78 is 4.99. The minimum atomic E-state index is -1.87. The Bertz CT molecular complexity index is 1010. The van der Waals surface area contributed by atoms with Gasteiger partial charge >= 0.3 is 5.97 Å². The van der Waals surface area contributed by atoms with Crippen LogP contribution < -0.4 is 5.32 Å². The molecule has 0 spiro atoms. The molecule has 2 N–H and O–H groups in total. The number of aliphatic hydroxyl groups is 1. The molecule has 1 aliphatic heterocycles. The lowest BCUT2D eigenvalue weighted by atomic mass is 9.81. The van der Waals surface area contributed by atoms with E-state index in [-0.39, 0.29) is 24.4 Å². The molecule has 1 atom stereocenters. The minimum Gasteiger partial charge on any atom is -0.457 e. The van der Waals surface area contributed by atoms with Gasteiger partial charge in [0, 0.05) is 23.2 Å². The standard InChI is InChI=1S/C24H25NO4/c1-16-5-7-17(8-6-16)11-12-24(28,15-23(2,3)4)22(27)25-19-9-10-20-18(13-19)14-29-21(20)26/h5-10,13,28H,14-15H2,1-4H3,(H,25,27). The van der Waals surface area contributed by atoms with Crippen molar-refractivity contribution in [1.82, 2.24) is 0 Å². The molecule has 0 saturated carbocycles. The van der Waals surface area contributed by atoms with E-state index in [9.17, 15) is 14.7 Å². The van der Waals surface area contributed by atoms with Crippen molar-refractivity contribution in [3.05, 3.63) is 64.7 Å². The molecule has 3 rings (SSSR count). The summed E-state index contributed by atoms with van der Waals surface area (Å²) in [7, 11) is 0. The quantitative estimate of drug-likeness (QED) is 0.616. The Labute approximate surface area is 171 Å². The van der Waals surface area contributed by atoms with E-state index in [4.69, 9.17) is 4.74 Å². The zero-order valence-corrected chi connectivity index (χ0v) is 17.1. The van der Waals surface area contributed by atoms with Crippen LogP contribution in [-0.2, 0) is 16.1 Å². The zero-order chi connectivity index (χ0) is 21.2. The monoisotopic (exact) mass is 391 g/mol. The fourth-order valence-corrected chi connectivity index (χ4v) is 3.21. The second-order valence-electron chi connectivity index (χ2n) is 8.62. The third-order valence-corrected chi connectivity index (χ3v) is 4.57. The third kappa shape index (κ3) is 5.04. The summed E-state index contributed by atoms with van der Waals surface area (Å²) >= 11 is 0. The molecule has 5 heteroatoms. The summed E-state index contributed by atoms with van der Waals surface area (Å²) in [5.41, 5.74) is 1.32. The van der Waals surface area contributed by atoms with Gasteiger partial charge in [-0.05, 0) is 42.7 Å². The maximum Gasteiger partial charge on any atom is 0.338 e. The Morgan fingerprint density at radius 3 is 2.52 bits per heavy atom. The van der Waals surface area contributed by atoms with Gasteiger partial charge in [0.15, 0.2) is 0 Å². The number of hydrogen-bond acceptors (Lipinski definition) is 4. The van der Waals surface area contributed by atoms with Crippen LogP contribution in [0.15, 0.2) is 42.5 Å². The first kappa shape index (κ1) is 20.6. The molecule has 1 aliphatic rings. The number of nitrogens with one attached hydrogen (secondary N) is 1. The summed E-state index contributed by atoms with van der Waals surface area (Å²) in [6, 6.07) is 12.5. The molecule has 0 aliphatic carbocycles. The number of amides is 1. The number of benzene rings is 2. The van der Waals surface area contributed by atoms with E-state index in [1.165, 1.54) is 0 Å². The van der Waals surface area contributed by atoms with Crippen molar-refractivity contribution in [2.75, 3.05) is 5.32 Å². The highest BCUT2D eigenvalue weighted by Gasteiger charge is 2.38. The van der Waals surface area contributed by atoms with E-state index in [1.54, 1.807) is 18.2 Å². The number of carbonyl (C=O) groups excluding carboxylic acids is 2. The molecule has 1 unspecified atom stereocenters. The van der Waals surface area contributed by atoms with Crippen LogP contribution in [0.2, 0.25) is 0 Å². The van der Waals surface area contributed by atoms with Gasteiger partial charge in [-0.1, -0.05) is 50.3 Å². The molecule has 0 saturated heterocycles. The van der Waals surface area contributed by atoms with Crippen molar-refractivity contribution in [2.45, 2.75) is 46.3 Å². The first-order chi connectivity index (χ1) is 13.6. The minimum absolute atomic E-state index is 0.164. The predicted molar refractivity (Wildman–Crippen MR) is 111 cm³/mol. The lowest BCUT2D eigenvalue weighted by Crippen LogP contribution is -2.44. The second kappa shape index (κ2) is 7.73. The van der Waals surface area contributed by atoms with E-state index >= 15 is 0 Å². The SMILES string of the molecule is Cc1ccc(C#CC(O)(CC(C)(C)C)C(=O)Nc2ccc3c(c2)COC3=O)cc1. The van der Waals surface area contributed by atoms with E-state index in [1.807, 2.05) is 52.0 Å². The van der Waals surface area contributed by atoms with Gasteiger partial charge in [0.1, 0.15) is 6.61 Å². The second-order valence-corrected chi connectivity index (χ2v) is 8.62. The summed E-state index contributed by atoms with van der Waals surface area (Å²) in [5.74, 6) is 4.74. The molecule has 0 bridgehead atoms. The first-order valence-electron chi connectivity index (χ1n) is 9.49. The number of rotatable bonds is 3. The highest BCUT2D eigenvalue weighted by atomic mass is 16.5. The van der Waals surface area contributed by atoms with Crippen molar-refractivity contribution < 1.29 is 19.4 Å². The van der Waals surface area contributed by atoms with Crippen molar-refractivity contribution in [2.24, 2.45) is 5.41 Å². The van der Waals surface area contributed by atoms with Gasteiger partial charge in [-0.2, -0.15) is 0 Å². The summed E-state index contributed by atoms with van der Waals surface area (Å²) in [6.45, 7) is 7.98. The van der Waals surface area contributed by atoms with Crippen LogP contribution in [0.3, 0.4) is 0 Å². The van der Waals surface area contributed by atoms with E-state index in [0.29, 0.717) is 16.8 Å². The summed E-state index contributed by atoms with van der Waals surface area (Å²) in [5, 5.41) is 13.9. The Hall–Kier alpha value is -3.10. The Morgan fingerprint density at radius 1 is 1.17 bits per heavy atom. The number of esters is 1. The molecule has 1 heterocycles. The largest absolute Gasteiger partial charge is 0.457 e. The summed E-state index contributed by atoms with van der Waals surface area (Å²) in [6.07, 6.45) is 0.164. The Kier molecular flexibility index (Phi) is 5.50. The van der Waals surface area contributed by atoms with Crippen molar-refractivity contribution in [1.29, 1.82) is 0 Å². The Balaban J connectivity index is 1.87.